The molecule has 1 heterocycles. The van der Waals surface area contributed by atoms with E-state index in [0.29, 0.717) is 35.9 Å². The fourth-order valence-corrected chi connectivity index (χ4v) is 2.03. The number of nitrogens with one attached hydrogen (secondary N) is 1. The maximum absolute atomic E-state index is 11.9. The van der Waals surface area contributed by atoms with E-state index >= 15 is 0 Å². The molecule has 0 unspecified atom stereocenters. The molecule has 1 amide bonds. The molecule has 2 rings (SSSR count). The number of methoxy groups -OCH3 is 2. The van der Waals surface area contributed by atoms with E-state index in [4.69, 9.17) is 14.0 Å². The Kier molecular flexibility index (Phi) is 4.81. The van der Waals surface area contributed by atoms with E-state index in [1.165, 1.54) is 0 Å². The van der Waals surface area contributed by atoms with Gasteiger partial charge < -0.3 is 19.3 Å². The van der Waals surface area contributed by atoms with Gasteiger partial charge in [0.2, 0.25) is 5.91 Å². The fraction of sp³-hybridized carbons (Fsp3) is 0.333. The van der Waals surface area contributed by atoms with Crippen LogP contribution in [0.5, 0.6) is 11.5 Å². The zero-order valence-electron chi connectivity index (χ0n) is 12.3. The number of carbonyl (C=O) groups is 1. The summed E-state index contributed by atoms with van der Waals surface area (Å²) >= 11 is 0. The lowest BCUT2D eigenvalue weighted by atomic mass is 10.1. The lowest BCUT2D eigenvalue weighted by Gasteiger charge is -2.12. The minimum absolute atomic E-state index is 0.131. The summed E-state index contributed by atoms with van der Waals surface area (Å²) in [5.41, 5.74) is 0.920. The van der Waals surface area contributed by atoms with Crippen LogP contribution in [-0.2, 0) is 11.2 Å². The highest BCUT2D eigenvalue weighted by Crippen LogP contribution is 2.31. The number of amides is 1. The highest BCUT2D eigenvalue weighted by molar-refractivity contribution is 5.89. The summed E-state index contributed by atoms with van der Waals surface area (Å²) in [6.07, 6.45) is 0.860. The molecule has 0 aliphatic carbocycles. The normalized spacial score (nSPS) is 10.2. The van der Waals surface area contributed by atoms with Gasteiger partial charge in [-0.3, -0.25) is 4.79 Å². The first-order chi connectivity index (χ1) is 10.1. The maximum Gasteiger partial charge on any atom is 0.225 e. The van der Waals surface area contributed by atoms with Crippen LogP contribution in [0, 0.1) is 6.92 Å². The second kappa shape index (κ2) is 6.78. The van der Waals surface area contributed by atoms with Crippen molar-refractivity contribution in [3.8, 4) is 11.5 Å². The van der Waals surface area contributed by atoms with E-state index in [2.05, 4.69) is 10.5 Å². The van der Waals surface area contributed by atoms with Crippen LogP contribution in [0.15, 0.2) is 28.8 Å². The van der Waals surface area contributed by atoms with Gasteiger partial charge in [-0.15, -0.1) is 0 Å². The van der Waals surface area contributed by atoms with Gasteiger partial charge in [0, 0.05) is 12.5 Å². The number of anilines is 1. The largest absolute Gasteiger partial charge is 0.493 e. The van der Waals surface area contributed by atoms with Gasteiger partial charge in [0.25, 0.3) is 0 Å². The number of carbonyl (C=O) groups excluding carboxylic acids is 1. The second-order valence-electron chi connectivity index (χ2n) is 4.52. The Bertz CT molecular complexity index is 622. The average molecular weight is 290 g/mol. The van der Waals surface area contributed by atoms with Gasteiger partial charge in [-0.2, -0.15) is 0 Å². The smallest absolute Gasteiger partial charge is 0.225 e. The SMILES string of the molecule is COc1cccc(CCC(=O)Nc2cc(C)on2)c1OC. The van der Waals surface area contributed by atoms with Crippen molar-refractivity contribution in [1.82, 2.24) is 5.16 Å². The standard InChI is InChI=1S/C15H18N2O4/c1-10-9-13(17-21-10)16-14(18)8-7-11-5-4-6-12(19-2)15(11)20-3/h4-6,9H,7-8H2,1-3H3,(H,16,17,18). The average Bonchev–Trinajstić information content (AvgIpc) is 2.89. The molecule has 0 saturated heterocycles. The number of aryl methyl sites for hydroxylation is 2. The van der Waals surface area contributed by atoms with E-state index in [1.54, 1.807) is 27.2 Å². The number of ether oxygens (including phenoxy) is 2. The summed E-state index contributed by atoms with van der Waals surface area (Å²) in [5.74, 6) is 2.26. The molecule has 1 N–H and O–H groups in total. The minimum Gasteiger partial charge on any atom is -0.493 e. The predicted molar refractivity (Wildman–Crippen MR) is 77.7 cm³/mol. The van der Waals surface area contributed by atoms with Crippen LogP contribution in [-0.4, -0.2) is 25.3 Å². The third-order valence-electron chi connectivity index (χ3n) is 3.00. The number of rotatable bonds is 6. The quantitative estimate of drug-likeness (QED) is 0.885. The molecule has 6 nitrogen and oxygen atoms in total. The van der Waals surface area contributed by atoms with Crippen molar-refractivity contribution in [2.45, 2.75) is 19.8 Å². The molecule has 1 aromatic carbocycles. The molecule has 0 spiro atoms. The van der Waals surface area contributed by atoms with Crippen LogP contribution in [0.4, 0.5) is 5.82 Å². The van der Waals surface area contributed by atoms with Crippen molar-refractivity contribution in [3.05, 3.63) is 35.6 Å². The zero-order chi connectivity index (χ0) is 15.2. The third kappa shape index (κ3) is 3.75. The number of hydrogen-bond acceptors (Lipinski definition) is 5. The molecule has 112 valence electrons. The van der Waals surface area contributed by atoms with Gasteiger partial charge in [0.1, 0.15) is 5.76 Å². The monoisotopic (exact) mass is 290 g/mol. The van der Waals surface area contributed by atoms with Crippen LogP contribution in [0.2, 0.25) is 0 Å². The van der Waals surface area contributed by atoms with E-state index in [1.807, 2.05) is 18.2 Å². The molecule has 0 radical (unpaired) electrons. The molecule has 0 fully saturated rings. The lowest BCUT2D eigenvalue weighted by molar-refractivity contribution is -0.116. The number of benzene rings is 1. The first kappa shape index (κ1) is 14.9. The highest BCUT2D eigenvalue weighted by atomic mass is 16.5. The Morgan fingerprint density at radius 1 is 1.33 bits per heavy atom. The Labute approximate surface area is 123 Å². The minimum atomic E-state index is -0.131. The summed E-state index contributed by atoms with van der Waals surface area (Å²) < 4.78 is 15.5. The Balaban J connectivity index is 1.98. The van der Waals surface area contributed by atoms with E-state index < -0.39 is 0 Å². The fourth-order valence-electron chi connectivity index (χ4n) is 2.03. The molecular formula is C15H18N2O4. The Hall–Kier alpha value is -2.50. The Morgan fingerprint density at radius 2 is 2.14 bits per heavy atom. The van der Waals surface area contributed by atoms with Crippen LogP contribution in [0.3, 0.4) is 0 Å². The van der Waals surface area contributed by atoms with Crippen LogP contribution in [0.25, 0.3) is 0 Å². The zero-order valence-corrected chi connectivity index (χ0v) is 12.3. The molecule has 0 aliphatic heterocycles. The van der Waals surface area contributed by atoms with Gasteiger partial charge in [0.05, 0.1) is 14.2 Å². The molecule has 0 aliphatic rings. The molecule has 2 aromatic rings. The first-order valence-corrected chi connectivity index (χ1v) is 6.57. The van der Waals surface area contributed by atoms with Gasteiger partial charge >= 0.3 is 0 Å². The predicted octanol–water partition coefficient (Wildman–Crippen LogP) is 2.57. The molecular weight excluding hydrogens is 272 g/mol. The molecule has 21 heavy (non-hydrogen) atoms. The van der Waals surface area contributed by atoms with Crippen LogP contribution < -0.4 is 14.8 Å². The van der Waals surface area contributed by atoms with Crippen molar-refractivity contribution in [1.29, 1.82) is 0 Å². The van der Waals surface area contributed by atoms with Crippen molar-refractivity contribution in [2.24, 2.45) is 0 Å². The van der Waals surface area contributed by atoms with E-state index in [-0.39, 0.29) is 5.91 Å². The summed E-state index contributed by atoms with van der Waals surface area (Å²) in [5, 5.41) is 6.40. The summed E-state index contributed by atoms with van der Waals surface area (Å²) in [7, 11) is 3.17. The Morgan fingerprint density at radius 3 is 2.76 bits per heavy atom. The summed E-state index contributed by atoms with van der Waals surface area (Å²) in [4.78, 5) is 11.9. The molecule has 0 saturated carbocycles. The van der Waals surface area contributed by atoms with Gasteiger partial charge in [0.15, 0.2) is 17.3 Å². The molecule has 0 atom stereocenters. The summed E-state index contributed by atoms with van der Waals surface area (Å²) in [6.45, 7) is 1.77. The maximum atomic E-state index is 11.9. The third-order valence-corrected chi connectivity index (χ3v) is 3.00. The van der Waals surface area contributed by atoms with E-state index in [9.17, 15) is 4.79 Å². The van der Waals surface area contributed by atoms with Gasteiger partial charge in [-0.05, 0) is 25.0 Å². The summed E-state index contributed by atoms with van der Waals surface area (Å²) in [6, 6.07) is 7.27. The van der Waals surface area contributed by atoms with Gasteiger partial charge in [-0.1, -0.05) is 17.3 Å². The molecule has 1 aromatic heterocycles. The number of hydrogen-bond donors (Lipinski definition) is 1. The van der Waals surface area contributed by atoms with Gasteiger partial charge in [-0.25, -0.2) is 0 Å². The number of aromatic nitrogens is 1. The van der Waals surface area contributed by atoms with E-state index in [0.717, 1.165) is 5.56 Å². The molecule has 6 heteroatoms. The van der Waals surface area contributed by atoms with Crippen molar-refractivity contribution < 1.29 is 18.8 Å². The second-order valence-corrected chi connectivity index (χ2v) is 4.52. The van der Waals surface area contributed by atoms with Crippen LogP contribution in [0.1, 0.15) is 17.7 Å². The van der Waals surface area contributed by atoms with Crippen LogP contribution >= 0.6 is 0 Å². The molecule has 0 bridgehead atoms. The number of para-hydroxylation sites is 1. The topological polar surface area (TPSA) is 73.6 Å². The highest BCUT2D eigenvalue weighted by Gasteiger charge is 2.12. The van der Waals surface area contributed by atoms with Crippen molar-refractivity contribution in [3.63, 3.8) is 0 Å². The lowest BCUT2D eigenvalue weighted by Crippen LogP contribution is -2.12. The van der Waals surface area contributed by atoms with Crippen molar-refractivity contribution in [2.75, 3.05) is 19.5 Å². The van der Waals surface area contributed by atoms with Crippen molar-refractivity contribution >= 4 is 11.7 Å². The first-order valence-electron chi connectivity index (χ1n) is 6.57. The number of nitrogens with zero attached hydrogens (tertiary/aromatic N) is 1.